The SMILES string of the molecule is CCCc1cnc2c(c1)CN(C)CC21COC1. The number of fused-ring (bicyclic) bond motifs is 2. The third-order valence-corrected chi connectivity index (χ3v) is 3.83. The molecule has 3 rings (SSSR count). The van der Waals surface area contributed by atoms with Gasteiger partial charge in [0.15, 0.2) is 0 Å². The lowest BCUT2D eigenvalue weighted by Gasteiger charge is -2.47. The first-order valence-corrected chi connectivity index (χ1v) is 6.48. The number of hydrogen-bond acceptors (Lipinski definition) is 3. The zero-order valence-electron chi connectivity index (χ0n) is 10.7. The quantitative estimate of drug-likeness (QED) is 0.776. The van der Waals surface area contributed by atoms with Crippen molar-refractivity contribution < 1.29 is 4.74 Å². The standard InChI is InChI=1S/C14H20N2O/c1-3-4-11-5-12-7-16(2)8-14(9-17-10-14)13(12)15-6-11/h5-6H,3-4,7-10H2,1-2H3. The minimum atomic E-state index is 0.188. The van der Waals surface area contributed by atoms with Crippen LogP contribution < -0.4 is 0 Å². The van der Waals surface area contributed by atoms with Gasteiger partial charge in [0.05, 0.1) is 24.3 Å². The first kappa shape index (κ1) is 11.2. The molecule has 2 aliphatic heterocycles. The van der Waals surface area contributed by atoms with Gasteiger partial charge in [-0.05, 0) is 24.6 Å². The molecule has 0 unspecified atom stereocenters. The Morgan fingerprint density at radius 1 is 1.47 bits per heavy atom. The monoisotopic (exact) mass is 232 g/mol. The van der Waals surface area contributed by atoms with Crippen molar-refractivity contribution in [2.24, 2.45) is 0 Å². The van der Waals surface area contributed by atoms with Crippen molar-refractivity contribution in [1.29, 1.82) is 0 Å². The third-order valence-electron chi connectivity index (χ3n) is 3.83. The van der Waals surface area contributed by atoms with E-state index in [0.29, 0.717) is 0 Å². The Labute approximate surface area is 103 Å². The normalized spacial score (nSPS) is 22.2. The Balaban J connectivity index is 1.99. The fourth-order valence-electron chi connectivity index (χ4n) is 3.10. The number of aryl methyl sites for hydroxylation is 1. The summed E-state index contributed by atoms with van der Waals surface area (Å²) in [5, 5.41) is 0. The molecular formula is C14H20N2O. The molecule has 0 bridgehead atoms. The predicted octanol–water partition coefficient (Wildman–Crippen LogP) is 1.75. The average molecular weight is 232 g/mol. The second-order valence-corrected chi connectivity index (χ2v) is 5.55. The number of nitrogens with zero attached hydrogens (tertiary/aromatic N) is 2. The van der Waals surface area contributed by atoms with Gasteiger partial charge in [-0.2, -0.15) is 0 Å². The molecule has 0 atom stereocenters. The van der Waals surface area contributed by atoms with Crippen molar-refractivity contribution in [3.63, 3.8) is 0 Å². The van der Waals surface area contributed by atoms with E-state index in [-0.39, 0.29) is 5.41 Å². The molecule has 0 radical (unpaired) electrons. The second-order valence-electron chi connectivity index (χ2n) is 5.55. The molecule has 3 heterocycles. The Morgan fingerprint density at radius 3 is 2.94 bits per heavy atom. The van der Waals surface area contributed by atoms with Gasteiger partial charge < -0.3 is 9.64 Å². The van der Waals surface area contributed by atoms with Crippen molar-refractivity contribution in [2.75, 3.05) is 26.8 Å². The Morgan fingerprint density at radius 2 is 2.29 bits per heavy atom. The predicted molar refractivity (Wildman–Crippen MR) is 67.1 cm³/mol. The Hall–Kier alpha value is -0.930. The van der Waals surface area contributed by atoms with E-state index < -0.39 is 0 Å². The van der Waals surface area contributed by atoms with Crippen LogP contribution in [-0.2, 0) is 23.1 Å². The van der Waals surface area contributed by atoms with Crippen molar-refractivity contribution in [1.82, 2.24) is 9.88 Å². The van der Waals surface area contributed by atoms with E-state index in [9.17, 15) is 0 Å². The van der Waals surface area contributed by atoms with Crippen molar-refractivity contribution >= 4 is 0 Å². The van der Waals surface area contributed by atoms with Gasteiger partial charge in [-0.15, -0.1) is 0 Å². The molecule has 1 fully saturated rings. The summed E-state index contributed by atoms with van der Waals surface area (Å²) in [4.78, 5) is 7.13. The smallest absolute Gasteiger partial charge is 0.0722 e. The highest BCUT2D eigenvalue weighted by Crippen LogP contribution is 2.37. The Bertz CT molecular complexity index is 426. The molecule has 2 aliphatic rings. The van der Waals surface area contributed by atoms with Crippen LogP contribution in [0.2, 0.25) is 0 Å². The molecule has 1 aromatic heterocycles. The molecule has 1 spiro atoms. The van der Waals surface area contributed by atoms with Crippen molar-refractivity contribution in [2.45, 2.75) is 31.7 Å². The minimum absolute atomic E-state index is 0.188. The van der Waals surface area contributed by atoms with Gasteiger partial charge in [-0.1, -0.05) is 19.4 Å². The summed E-state index contributed by atoms with van der Waals surface area (Å²) in [5.41, 5.74) is 4.26. The van der Waals surface area contributed by atoms with Gasteiger partial charge in [-0.3, -0.25) is 4.98 Å². The van der Waals surface area contributed by atoms with Gasteiger partial charge in [0.25, 0.3) is 0 Å². The molecule has 0 aliphatic carbocycles. The van der Waals surface area contributed by atoms with Crippen LogP contribution in [-0.4, -0.2) is 36.7 Å². The van der Waals surface area contributed by atoms with Crippen LogP contribution in [0.4, 0.5) is 0 Å². The van der Waals surface area contributed by atoms with Crippen LogP contribution >= 0.6 is 0 Å². The van der Waals surface area contributed by atoms with E-state index in [1.54, 1.807) is 0 Å². The first-order valence-electron chi connectivity index (χ1n) is 6.48. The topological polar surface area (TPSA) is 25.4 Å². The van der Waals surface area contributed by atoms with E-state index in [1.807, 2.05) is 0 Å². The summed E-state index contributed by atoms with van der Waals surface area (Å²) < 4.78 is 5.43. The van der Waals surface area contributed by atoms with Gasteiger partial charge in [-0.25, -0.2) is 0 Å². The van der Waals surface area contributed by atoms with Gasteiger partial charge in [0.2, 0.25) is 0 Å². The van der Waals surface area contributed by atoms with Crippen LogP contribution in [0.1, 0.15) is 30.2 Å². The van der Waals surface area contributed by atoms with Crippen LogP contribution in [0.15, 0.2) is 12.3 Å². The summed E-state index contributed by atoms with van der Waals surface area (Å²) in [6.45, 7) is 6.00. The van der Waals surface area contributed by atoms with Crippen LogP contribution in [0.25, 0.3) is 0 Å². The summed E-state index contributed by atoms with van der Waals surface area (Å²) in [6.07, 6.45) is 4.38. The second kappa shape index (κ2) is 4.07. The lowest BCUT2D eigenvalue weighted by molar-refractivity contribution is -0.0812. The molecule has 17 heavy (non-hydrogen) atoms. The van der Waals surface area contributed by atoms with Gasteiger partial charge in [0, 0.05) is 19.3 Å². The molecule has 92 valence electrons. The molecule has 3 heteroatoms. The number of likely N-dealkylation sites (N-methyl/N-ethyl adjacent to an activating group) is 1. The average Bonchev–Trinajstić information content (AvgIpc) is 2.25. The van der Waals surface area contributed by atoms with Crippen molar-refractivity contribution in [3.05, 3.63) is 29.1 Å². The molecule has 0 amide bonds. The van der Waals surface area contributed by atoms with E-state index in [2.05, 4.69) is 31.1 Å². The van der Waals surface area contributed by atoms with Gasteiger partial charge in [0.1, 0.15) is 0 Å². The van der Waals surface area contributed by atoms with E-state index >= 15 is 0 Å². The number of rotatable bonds is 2. The number of pyridine rings is 1. The van der Waals surface area contributed by atoms with Crippen LogP contribution in [0.5, 0.6) is 0 Å². The maximum atomic E-state index is 5.43. The molecular weight excluding hydrogens is 212 g/mol. The number of hydrogen-bond donors (Lipinski definition) is 0. The first-order chi connectivity index (χ1) is 8.23. The molecule has 3 nitrogen and oxygen atoms in total. The lowest BCUT2D eigenvalue weighted by Crippen LogP contribution is -2.57. The summed E-state index contributed by atoms with van der Waals surface area (Å²) in [5.74, 6) is 0. The maximum absolute atomic E-state index is 5.43. The molecule has 1 aromatic rings. The van der Waals surface area contributed by atoms with E-state index in [0.717, 1.165) is 32.7 Å². The fourth-order valence-corrected chi connectivity index (χ4v) is 3.10. The fraction of sp³-hybridized carbons (Fsp3) is 0.643. The van der Waals surface area contributed by atoms with Crippen LogP contribution in [0.3, 0.4) is 0 Å². The largest absolute Gasteiger partial charge is 0.379 e. The van der Waals surface area contributed by atoms with E-state index in [4.69, 9.17) is 9.72 Å². The molecule has 0 N–H and O–H groups in total. The summed E-state index contributed by atoms with van der Waals surface area (Å²) in [7, 11) is 2.19. The molecule has 0 aromatic carbocycles. The zero-order chi connectivity index (χ0) is 11.9. The summed E-state index contributed by atoms with van der Waals surface area (Å²) in [6, 6.07) is 2.35. The molecule has 0 saturated carbocycles. The molecule has 1 saturated heterocycles. The minimum Gasteiger partial charge on any atom is -0.379 e. The highest BCUT2D eigenvalue weighted by molar-refractivity contribution is 5.35. The third kappa shape index (κ3) is 1.78. The highest BCUT2D eigenvalue weighted by atomic mass is 16.5. The summed E-state index contributed by atoms with van der Waals surface area (Å²) >= 11 is 0. The maximum Gasteiger partial charge on any atom is 0.0722 e. The van der Waals surface area contributed by atoms with Crippen molar-refractivity contribution in [3.8, 4) is 0 Å². The number of ether oxygens (including phenoxy) is 1. The van der Waals surface area contributed by atoms with Crippen LogP contribution in [0, 0.1) is 0 Å². The lowest BCUT2D eigenvalue weighted by atomic mass is 9.76. The number of aromatic nitrogens is 1. The Kier molecular flexibility index (Phi) is 2.68. The van der Waals surface area contributed by atoms with E-state index in [1.165, 1.54) is 23.2 Å². The highest BCUT2D eigenvalue weighted by Gasteiger charge is 2.46. The zero-order valence-corrected chi connectivity index (χ0v) is 10.7. The van der Waals surface area contributed by atoms with Gasteiger partial charge >= 0.3 is 0 Å².